The molecule has 3 rings (SSSR count). The zero-order chi connectivity index (χ0) is 14.3. The Morgan fingerprint density at radius 3 is 2.65 bits per heavy atom. The van der Waals surface area contributed by atoms with Gasteiger partial charge in [-0.2, -0.15) is 0 Å². The first-order valence-corrected chi connectivity index (χ1v) is 7.38. The van der Waals surface area contributed by atoms with Crippen LogP contribution in [0.4, 0.5) is 8.78 Å². The van der Waals surface area contributed by atoms with Gasteiger partial charge >= 0.3 is 0 Å². The zero-order valence-electron chi connectivity index (χ0n) is 10.2. The largest absolute Gasteiger partial charge is 0.488 e. The Bertz CT molecular complexity index is 637. The summed E-state index contributed by atoms with van der Waals surface area (Å²) in [6, 6.07) is 9.82. The number of benzene rings is 2. The van der Waals surface area contributed by atoms with Gasteiger partial charge in [-0.1, -0.05) is 45.7 Å². The molecule has 2 aromatic rings. The Hall–Kier alpha value is -1.13. The molecule has 0 saturated carbocycles. The van der Waals surface area contributed by atoms with Crippen LogP contribution in [0.15, 0.2) is 36.4 Å². The van der Waals surface area contributed by atoms with Gasteiger partial charge in [-0.05, 0) is 29.3 Å². The molecule has 20 heavy (non-hydrogen) atoms. The van der Waals surface area contributed by atoms with E-state index in [1.807, 2.05) is 24.3 Å². The highest BCUT2D eigenvalue weighted by Crippen LogP contribution is 2.40. The molecule has 104 valence electrons. The maximum absolute atomic E-state index is 13.4. The van der Waals surface area contributed by atoms with Crippen molar-refractivity contribution in [1.82, 2.24) is 0 Å². The van der Waals surface area contributed by atoms with Gasteiger partial charge in [0.2, 0.25) is 0 Å². The van der Waals surface area contributed by atoms with Crippen LogP contribution in [0.5, 0.6) is 5.75 Å². The molecule has 2 atom stereocenters. The fraction of sp³-hybridized carbons (Fsp3) is 0.200. The third-order valence-corrected chi connectivity index (χ3v) is 4.75. The van der Waals surface area contributed by atoms with Gasteiger partial charge in [0.05, 0.1) is 4.83 Å². The van der Waals surface area contributed by atoms with E-state index >= 15 is 0 Å². The van der Waals surface area contributed by atoms with Gasteiger partial charge in [0.15, 0.2) is 11.6 Å². The van der Waals surface area contributed by atoms with Gasteiger partial charge in [-0.15, -0.1) is 0 Å². The van der Waals surface area contributed by atoms with Crippen molar-refractivity contribution in [3.63, 3.8) is 0 Å². The first-order chi connectivity index (χ1) is 9.56. The third-order valence-electron chi connectivity index (χ3n) is 3.34. The quantitative estimate of drug-likeness (QED) is 0.538. The van der Waals surface area contributed by atoms with Gasteiger partial charge in [0.25, 0.3) is 0 Å². The van der Waals surface area contributed by atoms with E-state index < -0.39 is 11.6 Å². The summed E-state index contributed by atoms with van der Waals surface area (Å²) in [6.45, 7) is 0. The molecule has 0 aromatic heterocycles. The number of fused-ring (bicyclic) bond motifs is 1. The SMILES string of the molecule is Fc1cc(Cl)c(C(Br)C2Cc3ccccc3O2)cc1F. The molecule has 1 aliphatic heterocycles. The maximum atomic E-state index is 13.4. The number of ether oxygens (including phenoxy) is 1. The molecule has 0 aliphatic carbocycles. The average Bonchev–Trinajstić information content (AvgIpc) is 2.86. The second-order valence-corrected chi connectivity index (χ2v) is 6.05. The molecule has 0 bridgehead atoms. The fourth-order valence-corrected chi connectivity index (χ4v) is 3.40. The molecule has 0 amide bonds. The predicted octanol–water partition coefficient (Wildman–Crippen LogP) is 5.06. The Labute approximate surface area is 128 Å². The average molecular weight is 360 g/mol. The Kier molecular flexibility index (Phi) is 3.69. The zero-order valence-corrected chi connectivity index (χ0v) is 12.6. The van der Waals surface area contributed by atoms with Crippen LogP contribution in [0.2, 0.25) is 5.02 Å². The van der Waals surface area contributed by atoms with Gasteiger partial charge in [-0.3, -0.25) is 0 Å². The molecule has 0 fully saturated rings. The first kappa shape index (κ1) is 13.8. The fourth-order valence-electron chi connectivity index (χ4n) is 2.32. The van der Waals surface area contributed by atoms with Crippen molar-refractivity contribution >= 4 is 27.5 Å². The van der Waals surface area contributed by atoms with E-state index in [1.54, 1.807) is 0 Å². The smallest absolute Gasteiger partial charge is 0.160 e. The summed E-state index contributed by atoms with van der Waals surface area (Å²) in [5, 5.41) is 0.185. The summed E-state index contributed by atoms with van der Waals surface area (Å²) in [6.07, 6.45) is 0.497. The van der Waals surface area contributed by atoms with Gasteiger partial charge in [0, 0.05) is 11.4 Å². The summed E-state index contributed by atoms with van der Waals surface area (Å²) in [5.74, 6) is -1.04. The number of rotatable bonds is 2. The van der Waals surface area contributed by atoms with Gasteiger partial charge < -0.3 is 4.74 Å². The topological polar surface area (TPSA) is 9.23 Å². The van der Waals surface area contributed by atoms with Crippen molar-refractivity contribution in [3.8, 4) is 5.75 Å². The lowest BCUT2D eigenvalue weighted by atomic mass is 10.0. The Morgan fingerprint density at radius 2 is 1.90 bits per heavy atom. The van der Waals surface area contributed by atoms with Crippen LogP contribution in [0.1, 0.15) is 16.0 Å². The molecule has 1 nitrogen and oxygen atoms in total. The summed E-state index contributed by atoms with van der Waals surface area (Å²) in [4.78, 5) is -0.308. The van der Waals surface area contributed by atoms with E-state index in [4.69, 9.17) is 16.3 Å². The highest BCUT2D eigenvalue weighted by atomic mass is 79.9. The summed E-state index contributed by atoms with van der Waals surface area (Å²) in [7, 11) is 0. The van der Waals surface area contributed by atoms with E-state index in [0.717, 1.165) is 23.4 Å². The molecule has 2 unspecified atom stereocenters. The second kappa shape index (κ2) is 5.34. The van der Waals surface area contributed by atoms with E-state index in [0.29, 0.717) is 12.0 Å². The molecular weight excluding hydrogens is 350 g/mol. The minimum absolute atomic E-state index is 0.185. The van der Waals surface area contributed by atoms with Crippen LogP contribution in [-0.2, 0) is 6.42 Å². The monoisotopic (exact) mass is 358 g/mol. The number of alkyl halides is 1. The summed E-state index contributed by atoms with van der Waals surface area (Å²) >= 11 is 9.48. The number of hydrogen-bond acceptors (Lipinski definition) is 1. The van der Waals surface area contributed by atoms with E-state index in [2.05, 4.69) is 15.9 Å². The lowest BCUT2D eigenvalue weighted by Crippen LogP contribution is -2.19. The van der Waals surface area contributed by atoms with Crippen LogP contribution in [0.25, 0.3) is 0 Å². The molecule has 2 aromatic carbocycles. The first-order valence-electron chi connectivity index (χ1n) is 6.09. The summed E-state index contributed by atoms with van der Waals surface area (Å²) < 4.78 is 32.3. The molecule has 5 heteroatoms. The van der Waals surface area contributed by atoms with E-state index in [9.17, 15) is 8.78 Å². The molecular formula is C15H10BrClF2O. The lowest BCUT2D eigenvalue weighted by molar-refractivity contribution is 0.231. The molecule has 1 aliphatic rings. The number of hydrogen-bond donors (Lipinski definition) is 0. The minimum atomic E-state index is -0.950. The van der Waals surface area contributed by atoms with Crippen LogP contribution >= 0.6 is 27.5 Å². The standard InChI is InChI=1S/C15H10BrClF2O/c16-15(9-6-11(18)12(19)7-10(9)17)14-5-8-3-1-2-4-13(8)20-14/h1-4,6-7,14-15H,5H2. The Morgan fingerprint density at radius 1 is 1.20 bits per heavy atom. The van der Waals surface area contributed by atoms with Crippen LogP contribution in [-0.4, -0.2) is 6.10 Å². The maximum Gasteiger partial charge on any atom is 0.160 e. The molecule has 0 saturated heterocycles. The number of halogens is 4. The Balaban J connectivity index is 1.88. The third kappa shape index (κ3) is 2.42. The van der Waals surface area contributed by atoms with Gasteiger partial charge in [-0.25, -0.2) is 8.78 Å². The molecule has 0 spiro atoms. The van der Waals surface area contributed by atoms with Crippen LogP contribution in [0.3, 0.4) is 0 Å². The van der Waals surface area contributed by atoms with Crippen molar-refractivity contribution in [2.45, 2.75) is 17.4 Å². The summed E-state index contributed by atoms with van der Waals surface area (Å²) in [5.41, 5.74) is 1.59. The lowest BCUT2D eigenvalue weighted by Gasteiger charge is -2.19. The highest BCUT2D eigenvalue weighted by molar-refractivity contribution is 9.09. The van der Waals surface area contributed by atoms with E-state index in [1.165, 1.54) is 0 Å². The van der Waals surface area contributed by atoms with Crippen molar-refractivity contribution in [2.75, 3.05) is 0 Å². The molecule has 0 N–H and O–H groups in total. The highest BCUT2D eigenvalue weighted by Gasteiger charge is 2.31. The minimum Gasteiger partial charge on any atom is -0.488 e. The van der Waals surface area contributed by atoms with E-state index in [-0.39, 0.29) is 16.0 Å². The second-order valence-electron chi connectivity index (χ2n) is 4.66. The molecule has 1 heterocycles. The number of para-hydroxylation sites is 1. The van der Waals surface area contributed by atoms with Crippen LogP contribution < -0.4 is 4.74 Å². The predicted molar refractivity (Wildman–Crippen MR) is 77.6 cm³/mol. The van der Waals surface area contributed by atoms with Crippen molar-refractivity contribution in [3.05, 3.63) is 64.2 Å². The van der Waals surface area contributed by atoms with Crippen LogP contribution in [0, 0.1) is 11.6 Å². The van der Waals surface area contributed by atoms with Crippen molar-refractivity contribution in [1.29, 1.82) is 0 Å². The van der Waals surface area contributed by atoms with Crippen molar-refractivity contribution in [2.24, 2.45) is 0 Å². The molecule has 0 radical (unpaired) electrons. The van der Waals surface area contributed by atoms with Gasteiger partial charge in [0.1, 0.15) is 11.9 Å². The normalized spacial score (nSPS) is 18.5. The van der Waals surface area contributed by atoms with Crippen molar-refractivity contribution < 1.29 is 13.5 Å².